The Morgan fingerprint density at radius 3 is 1.72 bits per heavy atom. The summed E-state index contributed by atoms with van der Waals surface area (Å²) < 4.78 is 9.45. The Balaban J connectivity index is 5.93. The van der Waals surface area contributed by atoms with Gasteiger partial charge in [-0.25, -0.2) is 0 Å². The summed E-state index contributed by atoms with van der Waals surface area (Å²) >= 11 is 0. The smallest absolute Gasteiger partial charge is 0.324 e. The molecule has 0 aliphatic heterocycles. The van der Waals surface area contributed by atoms with E-state index in [-0.39, 0.29) is 11.8 Å². The molecule has 0 fully saturated rings. The Hall–Kier alpha value is -1.57. The fraction of sp³-hybridized carbons (Fsp3) is 0.769. The highest BCUT2D eigenvalue weighted by Gasteiger charge is 2.55. The highest BCUT2D eigenvalue weighted by molar-refractivity contribution is 5.87. The van der Waals surface area contributed by atoms with Crippen LogP contribution in [0.15, 0.2) is 0 Å². The minimum absolute atomic E-state index is 0.228. The van der Waals surface area contributed by atoms with Gasteiger partial charge in [-0.15, -0.1) is 0 Å². The van der Waals surface area contributed by atoms with Gasteiger partial charge in [0.2, 0.25) is 0 Å². The van der Waals surface area contributed by atoms with E-state index in [0.717, 1.165) is 0 Å². The molecule has 0 heterocycles. The SMILES string of the molecule is COC(=O)C(C#N)C(C(=O)OC)(C(C)C)C(C)C. The number of ether oxygens (including phenoxy) is 2. The maximum absolute atomic E-state index is 12.2. The first kappa shape index (κ1) is 16.4. The van der Waals surface area contributed by atoms with Gasteiger partial charge >= 0.3 is 11.9 Å². The molecular weight excluding hydrogens is 234 g/mol. The number of rotatable bonds is 5. The third-order valence-electron chi connectivity index (χ3n) is 3.49. The quantitative estimate of drug-likeness (QED) is 0.700. The lowest BCUT2D eigenvalue weighted by molar-refractivity contribution is -0.172. The molecule has 0 saturated carbocycles. The number of hydrogen-bond acceptors (Lipinski definition) is 5. The fourth-order valence-electron chi connectivity index (χ4n) is 2.57. The number of nitrogens with zero attached hydrogens (tertiary/aromatic N) is 1. The van der Waals surface area contributed by atoms with Crippen LogP contribution >= 0.6 is 0 Å². The monoisotopic (exact) mass is 255 g/mol. The molecule has 1 unspecified atom stereocenters. The van der Waals surface area contributed by atoms with E-state index in [1.54, 1.807) is 27.7 Å². The van der Waals surface area contributed by atoms with Crippen molar-refractivity contribution in [3.05, 3.63) is 0 Å². The normalized spacial score (nSPS) is 13.1. The van der Waals surface area contributed by atoms with Crippen LogP contribution in [0, 0.1) is 34.5 Å². The predicted molar refractivity (Wildman–Crippen MR) is 65.2 cm³/mol. The molecule has 0 saturated heterocycles. The number of methoxy groups -OCH3 is 2. The van der Waals surface area contributed by atoms with Crippen molar-refractivity contribution in [3.8, 4) is 6.07 Å². The Bertz CT molecular complexity index is 346. The largest absolute Gasteiger partial charge is 0.469 e. The summed E-state index contributed by atoms with van der Waals surface area (Å²) in [6, 6.07) is 1.90. The third-order valence-corrected chi connectivity index (χ3v) is 3.49. The van der Waals surface area contributed by atoms with E-state index in [2.05, 4.69) is 4.74 Å². The molecule has 0 aromatic carbocycles. The maximum atomic E-state index is 12.2. The topological polar surface area (TPSA) is 76.4 Å². The van der Waals surface area contributed by atoms with Crippen molar-refractivity contribution in [1.82, 2.24) is 0 Å². The van der Waals surface area contributed by atoms with Crippen LogP contribution in [0.25, 0.3) is 0 Å². The average molecular weight is 255 g/mol. The van der Waals surface area contributed by atoms with E-state index in [1.165, 1.54) is 14.2 Å². The van der Waals surface area contributed by atoms with Crippen molar-refractivity contribution in [2.24, 2.45) is 23.2 Å². The van der Waals surface area contributed by atoms with Gasteiger partial charge in [0.25, 0.3) is 0 Å². The molecule has 1 atom stereocenters. The van der Waals surface area contributed by atoms with Crippen LogP contribution in [0.4, 0.5) is 0 Å². The lowest BCUT2D eigenvalue weighted by Crippen LogP contribution is -2.50. The van der Waals surface area contributed by atoms with Gasteiger partial charge in [-0.05, 0) is 11.8 Å². The Kier molecular flexibility index (Phi) is 5.83. The molecule has 5 heteroatoms. The molecule has 102 valence electrons. The van der Waals surface area contributed by atoms with Crippen molar-refractivity contribution in [3.63, 3.8) is 0 Å². The zero-order chi connectivity index (χ0) is 14.5. The minimum atomic E-state index is -1.20. The first-order chi connectivity index (χ1) is 8.30. The van der Waals surface area contributed by atoms with Crippen LogP contribution < -0.4 is 0 Å². The zero-order valence-electron chi connectivity index (χ0n) is 11.8. The van der Waals surface area contributed by atoms with Crippen molar-refractivity contribution >= 4 is 11.9 Å². The van der Waals surface area contributed by atoms with Gasteiger partial charge in [0.15, 0.2) is 5.92 Å². The summed E-state index contributed by atoms with van der Waals surface area (Å²) in [7, 11) is 2.46. The second-order valence-corrected chi connectivity index (χ2v) is 4.82. The molecule has 0 rings (SSSR count). The van der Waals surface area contributed by atoms with Crippen LogP contribution in [-0.4, -0.2) is 26.2 Å². The van der Waals surface area contributed by atoms with Gasteiger partial charge < -0.3 is 9.47 Å². The van der Waals surface area contributed by atoms with Crippen molar-refractivity contribution in [2.75, 3.05) is 14.2 Å². The molecule has 0 aliphatic carbocycles. The van der Waals surface area contributed by atoms with Crippen LogP contribution in [0.1, 0.15) is 27.7 Å². The molecule has 0 spiro atoms. The van der Waals surface area contributed by atoms with Gasteiger partial charge in [0, 0.05) is 0 Å². The number of esters is 2. The fourth-order valence-corrected chi connectivity index (χ4v) is 2.57. The summed E-state index contributed by atoms with van der Waals surface area (Å²) in [6.07, 6.45) is 0. The highest BCUT2D eigenvalue weighted by atomic mass is 16.5. The van der Waals surface area contributed by atoms with Crippen LogP contribution in [-0.2, 0) is 19.1 Å². The third kappa shape index (κ3) is 2.47. The maximum Gasteiger partial charge on any atom is 0.324 e. The zero-order valence-corrected chi connectivity index (χ0v) is 11.8. The lowest BCUT2D eigenvalue weighted by atomic mass is 9.61. The number of carbonyl (C=O) groups excluding carboxylic acids is 2. The molecule has 0 N–H and O–H groups in total. The summed E-state index contributed by atoms with van der Waals surface area (Å²) in [4.78, 5) is 23.9. The van der Waals surface area contributed by atoms with Crippen LogP contribution in [0.2, 0.25) is 0 Å². The molecular formula is C13H21NO4. The molecule has 0 aromatic rings. The van der Waals surface area contributed by atoms with E-state index >= 15 is 0 Å². The average Bonchev–Trinajstić information content (AvgIpc) is 2.32. The molecule has 0 aromatic heterocycles. The number of hydrogen-bond donors (Lipinski definition) is 0. The molecule has 18 heavy (non-hydrogen) atoms. The van der Waals surface area contributed by atoms with Gasteiger partial charge in [0.1, 0.15) is 0 Å². The first-order valence-corrected chi connectivity index (χ1v) is 5.86. The summed E-state index contributed by atoms with van der Waals surface area (Å²) in [6.45, 7) is 7.18. The van der Waals surface area contributed by atoms with E-state index in [9.17, 15) is 14.9 Å². The summed E-state index contributed by atoms with van der Waals surface area (Å²) in [5.74, 6) is -2.88. The van der Waals surface area contributed by atoms with E-state index in [4.69, 9.17) is 4.74 Å². The number of nitriles is 1. The second-order valence-electron chi connectivity index (χ2n) is 4.82. The standard InChI is InChI=1S/C13H21NO4/c1-8(2)13(9(3)4,12(16)18-6)10(7-14)11(15)17-5/h8-10H,1-6H3. The van der Waals surface area contributed by atoms with E-state index < -0.39 is 23.3 Å². The van der Waals surface area contributed by atoms with E-state index in [1.807, 2.05) is 6.07 Å². The summed E-state index contributed by atoms with van der Waals surface area (Å²) in [5, 5.41) is 9.25. The van der Waals surface area contributed by atoms with Crippen LogP contribution in [0.5, 0.6) is 0 Å². The predicted octanol–water partition coefficient (Wildman–Crippen LogP) is 1.77. The van der Waals surface area contributed by atoms with Gasteiger partial charge in [-0.3, -0.25) is 9.59 Å². The highest BCUT2D eigenvalue weighted by Crippen LogP contribution is 2.44. The van der Waals surface area contributed by atoms with Gasteiger partial charge in [0.05, 0.1) is 25.7 Å². The first-order valence-electron chi connectivity index (χ1n) is 5.86. The van der Waals surface area contributed by atoms with Gasteiger partial charge in [-0.1, -0.05) is 27.7 Å². The van der Waals surface area contributed by atoms with Crippen molar-refractivity contribution < 1.29 is 19.1 Å². The lowest BCUT2D eigenvalue weighted by Gasteiger charge is -2.40. The Morgan fingerprint density at radius 2 is 1.50 bits per heavy atom. The molecule has 0 aliphatic rings. The Labute approximate surface area is 108 Å². The minimum Gasteiger partial charge on any atom is -0.469 e. The summed E-state index contributed by atoms with van der Waals surface area (Å²) in [5.41, 5.74) is -1.20. The van der Waals surface area contributed by atoms with Gasteiger partial charge in [-0.2, -0.15) is 5.26 Å². The Morgan fingerprint density at radius 1 is 1.06 bits per heavy atom. The molecule has 0 bridgehead atoms. The van der Waals surface area contributed by atoms with Crippen molar-refractivity contribution in [2.45, 2.75) is 27.7 Å². The van der Waals surface area contributed by atoms with Crippen LogP contribution in [0.3, 0.4) is 0 Å². The van der Waals surface area contributed by atoms with Crippen molar-refractivity contribution in [1.29, 1.82) is 5.26 Å². The number of carbonyl (C=O) groups is 2. The second kappa shape index (κ2) is 6.39. The molecule has 0 amide bonds. The molecule has 0 radical (unpaired) electrons. The van der Waals surface area contributed by atoms with E-state index in [0.29, 0.717) is 0 Å². The molecule has 5 nitrogen and oxygen atoms in total.